The summed E-state index contributed by atoms with van der Waals surface area (Å²) in [5.41, 5.74) is -0.210. The van der Waals surface area contributed by atoms with Gasteiger partial charge in [-0.1, -0.05) is 20.8 Å². The summed E-state index contributed by atoms with van der Waals surface area (Å²) in [5, 5.41) is 2.75. The molecule has 126 valence electrons. The van der Waals surface area contributed by atoms with Crippen molar-refractivity contribution in [3.8, 4) is 0 Å². The lowest BCUT2D eigenvalue weighted by molar-refractivity contribution is -0.140. The minimum Gasteiger partial charge on any atom is -0.380 e. The Bertz CT molecular complexity index is 415. The molecule has 1 N–H and O–H groups in total. The van der Waals surface area contributed by atoms with E-state index in [9.17, 15) is 14.4 Å². The molecule has 22 heavy (non-hydrogen) atoms. The molecule has 1 fully saturated rings. The number of nitrogens with one attached hydrogen (secondary N) is 1. The standard InChI is InChI=1S/C16H28N2O4/c1-5-22-10-8-17-13(19)7-6-9-18-14(20)11-12(15(18)21)16(2,3)4/h12H,5-11H2,1-4H3,(H,17,19). The Morgan fingerprint density at radius 3 is 2.59 bits per heavy atom. The van der Waals surface area contributed by atoms with E-state index in [1.165, 1.54) is 4.90 Å². The third-order valence-electron chi connectivity index (χ3n) is 3.85. The van der Waals surface area contributed by atoms with Gasteiger partial charge in [0.25, 0.3) is 0 Å². The van der Waals surface area contributed by atoms with Gasteiger partial charge >= 0.3 is 0 Å². The van der Waals surface area contributed by atoms with E-state index in [2.05, 4.69) is 5.32 Å². The van der Waals surface area contributed by atoms with Crippen molar-refractivity contribution in [2.45, 2.75) is 47.0 Å². The Kier molecular flexibility index (Phi) is 7.00. The predicted octanol–water partition coefficient (Wildman–Crippen LogP) is 1.34. The Morgan fingerprint density at radius 2 is 2.05 bits per heavy atom. The molecule has 1 unspecified atom stereocenters. The molecule has 0 bridgehead atoms. The van der Waals surface area contributed by atoms with E-state index in [1.807, 2.05) is 27.7 Å². The third kappa shape index (κ3) is 5.40. The number of hydrogen-bond acceptors (Lipinski definition) is 4. The SMILES string of the molecule is CCOCCNC(=O)CCCN1C(=O)CC(C(C)(C)C)C1=O. The van der Waals surface area contributed by atoms with E-state index in [0.29, 0.717) is 39.1 Å². The Labute approximate surface area is 132 Å². The fourth-order valence-electron chi connectivity index (χ4n) is 2.49. The van der Waals surface area contributed by atoms with Crippen LogP contribution in [-0.2, 0) is 19.1 Å². The highest BCUT2D eigenvalue weighted by atomic mass is 16.5. The number of carbonyl (C=O) groups is 3. The lowest BCUT2D eigenvalue weighted by Gasteiger charge is -2.24. The number of nitrogens with zero attached hydrogens (tertiary/aromatic N) is 1. The van der Waals surface area contributed by atoms with Crippen LogP contribution in [0.2, 0.25) is 0 Å². The van der Waals surface area contributed by atoms with Crippen LogP contribution in [0, 0.1) is 11.3 Å². The summed E-state index contributed by atoms with van der Waals surface area (Å²) in [6.07, 6.45) is 1.08. The van der Waals surface area contributed by atoms with Gasteiger partial charge in [0, 0.05) is 32.5 Å². The highest BCUT2D eigenvalue weighted by Crippen LogP contribution is 2.35. The van der Waals surface area contributed by atoms with E-state index >= 15 is 0 Å². The van der Waals surface area contributed by atoms with Gasteiger partial charge in [-0.05, 0) is 18.8 Å². The Morgan fingerprint density at radius 1 is 1.36 bits per heavy atom. The largest absolute Gasteiger partial charge is 0.380 e. The third-order valence-corrected chi connectivity index (χ3v) is 3.85. The molecular formula is C16H28N2O4. The number of carbonyl (C=O) groups excluding carboxylic acids is 3. The van der Waals surface area contributed by atoms with E-state index in [4.69, 9.17) is 4.74 Å². The minimum absolute atomic E-state index is 0.0776. The summed E-state index contributed by atoms with van der Waals surface area (Å²) in [4.78, 5) is 37.1. The number of amides is 3. The van der Waals surface area contributed by atoms with E-state index in [0.717, 1.165) is 0 Å². The fraction of sp³-hybridized carbons (Fsp3) is 0.812. The molecule has 0 aromatic carbocycles. The van der Waals surface area contributed by atoms with Crippen molar-refractivity contribution in [1.82, 2.24) is 10.2 Å². The van der Waals surface area contributed by atoms with Gasteiger partial charge in [0.1, 0.15) is 0 Å². The van der Waals surface area contributed by atoms with Crippen molar-refractivity contribution in [2.75, 3.05) is 26.3 Å². The number of likely N-dealkylation sites (tertiary alicyclic amines) is 1. The highest BCUT2D eigenvalue weighted by Gasteiger charge is 2.44. The van der Waals surface area contributed by atoms with Crippen LogP contribution in [0.3, 0.4) is 0 Å². The van der Waals surface area contributed by atoms with Crippen LogP contribution in [0.1, 0.15) is 47.0 Å². The first kappa shape index (κ1) is 18.6. The Hall–Kier alpha value is -1.43. The second-order valence-corrected chi connectivity index (χ2v) is 6.66. The molecule has 6 nitrogen and oxygen atoms in total. The van der Waals surface area contributed by atoms with Crippen LogP contribution in [-0.4, -0.2) is 48.9 Å². The summed E-state index contributed by atoms with van der Waals surface area (Å²) in [6, 6.07) is 0. The van der Waals surface area contributed by atoms with Crippen molar-refractivity contribution in [1.29, 1.82) is 0 Å². The van der Waals surface area contributed by atoms with Crippen LogP contribution in [0.5, 0.6) is 0 Å². The fourth-order valence-corrected chi connectivity index (χ4v) is 2.49. The number of ether oxygens (including phenoxy) is 1. The van der Waals surface area contributed by atoms with Crippen molar-refractivity contribution in [3.63, 3.8) is 0 Å². The molecule has 1 heterocycles. The zero-order chi connectivity index (χ0) is 16.8. The van der Waals surface area contributed by atoms with Gasteiger partial charge in [-0.3, -0.25) is 19.3 Å². The molecule has 0 aromatic rings. The van der Waals surface area contributed by atoms with Gasteiger partial charge in [0.15, 0.2) is 0 Å². The number of rotatable bonds is 8. The molecule has 0 spiro atoms. The molecule has 1 atom stereocenters. The summed E-state index contributed by atoms with van der Waals surface area (Å²) in [5.74, 6) is -0.554. The van der Waals surface area contributed by atoms with Gasteiger partial charge in [-0.15, -0.1) is 0 Å². The van der Waals surface area contributed by atoms with Crippen molar-refractivity contribution in [3.05, 3.63) is 0 Å². The van der Waals surface area contributed by atoms with Crippen LogP contribution >= 0.6 is 0 Å². The molecular weight excluding hydrogens is 284 g/mol. The van der Waals surface area contributed by atoms with E-state index in [1.54, 1.807) is 0 Å². The van der Waals surface area contributed by atoms with E-state index < -0.39 is 0 Å². The maximum atomic E-state index is 12.3. The molecule has 0 aliphatic carbocycles. The summed E-state index contributed by atoms with van der Waals surface area (Å²) < 4.78 is 5.13. The van der Waals surface area contributed by atoms with E-state index in [-0.39, 0.29) is 35.5 Å². The summed E-state index contributed by atoms with van der Waals surface area (Å²) >= 11 is 0. The molecule has 0 radical (unpaired) electrons. The lowest BCUT2D eigenvalue weighted by atomic mass is 9.80. The van der Waals surface area contributed by atoms with Gasteiger partial charge in [-0.25, -0.2) is 0 Å². The first-order valence-electron chi connectivity index (χ1n) is 7.96. The van der Waals surface area contributed by atoms with Crippen molar-refractivity contribution < 1.29 is 19.1 Å². The first-order valence-corrected chi connectivity index (χ1v) is 7.96. The second kappa shape index (κ2) is 8.27. The summed E-state index contributed by atoms with van der Waals surface area (Å²) in [6.45, 7) is 9.75. The number of imide groups is 1. The highest BCUT2D eigenvalue weighted by molar-refractivity contribution is 6.03. The maximum absolute atomic E-state index is 12.3. The van der Waals surface area contributed by atoms with Crippen LogP contribution in [0.4, 0.5) is 0 Å². The predicted molar refractivity (Wildman–Crippen MR) is 83.0 cm³/mol. The van der Waals surface area contributed by atoms with Gasteiger partial charge < -0.3 is 10.1 Å². The maximum Gasteiger partial charge on any atom is 0.233 e. The van der Waals surface area contributed by atoms with Gasteiger partial charge in [0.05, 0.1) is 12.5 Å². The second-order valence-electron chi connectivity index (χ2n) is 6.66. The average molecular weight is 312 g/mol. The Balaban J connectivity index is 2.31. The van der Waals surface area contributed by atoms with Gasteiger partial charge in [0.2, 0.25) is 17.7 Å². The molecule has 1 aliphatic heterocycles. The van der Waals surface area contributed by atoms with Crippen LogP contribution in [0.25, 0.3) is 0 Å². The molecule has 1 rings (SSSR count). The molecule has 0 saturated carbocycles. The van der Waals surface area contributed by atoms with Crippen molar-refractivity contribution >= 4 is 17.7 Å². The first-order chi connectivity index (χ1) is 10.3. The monoisotopic (exact) mass is 312 g/mol. The zero-order valence-corrected chi connectivity index (χ0v) is 14.1. The van der Waals surface area contributed by atoms with Crippen molar-refractivity contribution in [2.24, 2.45) is 11.3 Å². The molecule has 1 aliphatic rings. The summed E-state index contributed by atoms with van der Waals surface area (Å²) in [7, 11) is 0. The topological polar surface area (TPSA) is 75.7 Å². The molecule has 1 saturated heterocycles. The minimum atomic E-state index is -0.250. The molecule has 0 aromatic heterocycles. The van der Waals surface area contributed by atoms with Gasteiger partial charge in [-0.2, -0.15) is 0 Å². The average Bonchev–Trinajstić information content (AvgIpc) is 2.71. The number of hydrogen-bond donors (Lipinski definition) is 1. The lowest BCUT2D eigenvalue weighted by Crippen LogP contribution is -2.35. The smallest absolute Gasteiger partial charge is 0.233 e. The van der Waals surface area contributed by atoms with Crippen LogP contribution < -0.4 is 5.32 Å². The molecule has 3 amide bonds. The normalized spacial score (nSPS) is 18.9. The quantitative estimate of drug-likeness (QED) is 0.542. The van der Waals surface area contributed by atoms with Crippen LogP contribution in [0.15, 0.2) is 0 Å². The molecule has 6 heteroatoms. The zero-order valence-electron chi connectivity index (χ0n) is 14.1.